The Morgan fingerprint density at radius 2 is 2.16 bits per heavy atom. The fourth-order valence-corrected chi connectivity index (χ4v) is 2.86. The average molecular weight is 344 g/mol. The van der Waals surface area contributed by atoms with Crippen LogP contribution in [0.2, 0.25) is 0 Å². The minimum Gasteiger partial charge on any atom is -0.493 e. The first-order chi connectivity index (χ1) is 12.1. The van der Waals surface area contributed by atoms with E-state index >= 15 is 0 Å². The quantitative estimate of drug-likeness (QED) is 0.465. The number of fused-ring (bicyclic) bond motifs is 1. The van der Waals surface area contributed by atoms with Crippen LogP contribution in [0.1, 0.15) is 31.7 Å². The Labute approximate surface area is 146 Å². The van der Waals surface area contributed by atoms with Crippen LogP contribution < -0.4 is 4.74 Å². The van der Waals surface area contributed by atoms with Gasteiger partial charge >= 0.3 is 11.9 Å². The van der Waals surface area contributed by atoms with Crippen LogP contribution in [0.15, 0.2) is 47.7 Å². The van der Waals surface area contributed by atoms with Gasteiger partial charge in [0, 0.05) is 23.1 Å². The van der Waals surface area contributed by atoms with Crippen molar-refractivity contribution < 1.29 is 28.5 Å². The van der Waals surface area contributed by atoms with Crippen LogP contribution in [-0.4, -0.2) is 31.4 Å². The first-order valence-corrected chi connectivity index (χ1v) is 8.24. The first kappa shape index (κ1) is 17.1. The number of ether oxygens (including phenoxy) is 4. The molecule has 2 aliphatic heterocycles. The fourth-order valence-electron chi connectivity index (χ4n) is 2.86. The van der Waals surface area contributed by atoms with E-state index in [-0.39, 0.29) is 12.5 Å². The molecule has 1 aromatic rings. The predicted octanol–water partition coefficient (Wildman–Crippen LogP) is 2.85. The van der Waals surface area contributed by atoms with Gasteiger partial charge in [-0.1, -0.05) is 18.2 Å². The summed E-state index contributed by atoms with van der Waals surface area (Å²) in [6.07, 6.45) is 2.72. The van der Waals surface area contributed by atoms with Crippen LogP contribution >= 0.6 is 0 Å². The van der Waals surface area contributed by atoms with E-state index in [9.17, 15) is 9.59 Å². The molecule has 0 spiro atoms. The highest BCUT2D eigenvalue weighted by atomic mass is 16.7. The van der Waals surface area contributed by atoms with Crippen molar-refractivity contribution in [3.8, 4) is 5.75 Å². The Bertz CT molecular complexity index is 733. The van der Waals surface area contributed by atoms with Crippen molar-refractivity contribution in [3.63, 3.8) is 0 Å². The second-order valence-corrected chi connectivity index (χ2v) is 5.78. The maximum atomic E-state index is 12.5. The van der Waals surface area contributed by atoms with Gasteiger partial charge in [-0.05, 0) is 26.3 Å². The van der Waals surface area contributed by atoms with Gasteiger partial charge in [0.2, 0.25) is 0 Å². The summed E-state index contributed by atoms with van der Waals surface area (Å²) in [4.78, 5) is 23.9. The lowest BCUT2D eigenvalue weighted by atomic mass is 9.87. The molecule has 0 aromatic heterocycles. The number of carbonyl (C=O) groups excluding carboxylic acids is 2. The fraction of sp³-hybridized carbons (Fsp3) is 0.368. The van der Waals surface area contributed by atoms with Crippen molar-refractivity contribution in [1.29, 1.82) is 0 Å². The third-order valence-electron chi connectivity index (χ3n) is 4.11. The lowest BCUT2D eigenvalue weighted by molar-refractivity contribution is -0.152. The van der Waals surface area contributed by atoms with E-state index < -0.39 is 18.2 Å². The lowest BCUT2D eigenvalue weighted by Gasteiger charge is -2.27. The molecule has 0 saturated heterocycles. The molecule has 2 aliphatic rings. The first-order valence-electron chi connectivity index (χ1n) is 8.24. The number of esters is 2. The molecule has 0 radical (unpaired) electrons. The standard InChI is InChI=1S/C19H20O6/c1-3-22-19(21)15(11-24-17-10-12(2)18(20)25-17)13-8-9-23-16-7-5-4-6-14(13)16/h4-7,10-11,13,17H,3,8-9H2,1-2H3/b15-11+. The molecule has 0 saturated carbocycles. The number of benzene rings is 1. The zero-order valence-electron chi connectivity index (χ0n) is 14.2. The van der Waals surface area contributed by atoms with Crippen molar-refractivity contribution in [1.82, 2.24) is 0 Å². The monoisotopic (exact) mass is 344 g/mol. The molecule has 0 bridgehead atoms. The topological polar surface area (TPSA) is 71.1 Å². The van der Waals surface area contributed by atoms with Gasteiger partial charge in [-0.15, -0.1) is 0 Å². The van der Waals surface area contributed by atoms with Crippen molar-refractivity contribution in [2.45, 2.75) is 32.5 Å². The molecule has 2 atom stereocenters. The largest absolute Gasteiger partial charge is 0.493 e. The summed E-state index contributed by atoms with van der Waals surface area (Å²) < 4.78 is 21.4. The SMILES string of the molecule is CCOC(=O)/C(=C/OC1C=C(C)C(=O)O1)C1CCOc2ccccc21. The van der Waals surface area contributed by atoms with E-state index in [4.69, 9.17) is 18.9 Å². The Kier molecular flexibility index (Phi) is 5.07. The number of carbonyl (C=O) groups is 2. The Balaban J connectivity index is 1.87. The molecule has 6 heteroatoms. The highest BCUT2D eigenvalue weighted by Gasteiger charge is 2.31. The van der Waals surface area contributed by atoms with Gasteiger partial charge in [-0.25, -0.2) is 9.59 Å². The van der Waals surface area contributed by atoms with Gasteiger partial charge in [0.05, 0.1) is 25.0 Å². The third kappa shape index (κ3) is 3.68. The number of para-hydroxylation sites is 1. The molecule has 132 valence electrons. The second kappa shape index (κ2) is 7.42. The predicted molar refractivity (Wildman–Crippen MR) is 88.7 cm³/mol. The molecular formula is C19H20O6. The summed E-state index contributed by atoms with van der Waals surface area (Å²) in [5, 5.41) is 0. The van der Waals surface area contributed by atoms with Crippen molar-refractivity contribution >= 4 is 11.9 Å². The van der Waals surface area contributed by atoms with Crippen molar-refractivity contribution in [2.24, 2.45) is 0 Å². The van der Waals surface area contributed by atoms with Gasteiger partial charge in [0.1, 0.15) is 5.75 Å². The summed E-state index contributed by atoms with van der Waals surface area (Å²) in [7, 11) is 0. The molecule has 25 heavy (non-hydrogen) atoms. The molecule has 0 N–H and O–H groups in total. The molecular weight excluding hydrogens is 324 g/mol. The molecule has 2 unspecified atom stereocenters. The molecule has 6 nitrogen and oxygen atoms in total. The third-order valence-corrected chi connectivity index (χ3v) is 4.11. The van der Waals surface area contributed by atoms with Crippen LogP contribution in [-0.2, 0) is 23.8 Å². The molecule has 3 rings (SSSR count). The number of cyclic esters (lactones) is 1. The van der Waals surface area contributed by atoms with E-state index in [2.05, 4.69) is 0 Å². The highest BCUT2D eigenvalue weighted by molar-refractivity contribution is 5.91. The molecule has 1 aromatic carbocycles. The van der Waals surface area contributed by atoms with Gasteiger partial charge in [-0.2, -0.15) is 0 Å². The van der Waals surface area contributed by atoms with Crippen LogP contribution in [0.5, 0.6) is 5.75 Å². The summed E-state index contributed by atoms with van der Waals surface area (Å²) >= 11 is 0. The maximum absolute atomic E-state index is 12.5. The molecule has 0 aliphatic carbocycles. The number of hydrogen-bond donors (Lipinski definition) is 0. The summed E-state index contributed by atoms with van der Waals surface area (Å²) in [6.45, 7) is 4.16. The van der Waals surface area contributed by atoms with Crippen LogP contribution in [0.3, 0.4) is 0 Å². The van der Waals surface area contributed by atoms with Gasteiger partial charge in [0.15, 0.2) is 0 Å². The van der Waals surface area contributed by atoms with Gasteiger partial charge in [0.25, 0.3) is 6.29 Å². The van der Waals surface area contributed by atoms with Crippen LogP contribution in [0, 0.1) is 0 Å². The smallest absolute Gasteiger partial charge is 0.337 e. The number of hydrogen-bond acceptors (Lipinski definition) is 6. The highest BCUT2D eigenvalue weighted by Crippen LogP contribution is 2.38. The normalized spacial score (nSPS) is 22.4. The Hall–Kier alpha value is -2.76. The van der Waals surface area contributed by atoms with E-state index in [1.54, 1.807) is 19.9 Å². The second-order valence-electron chi connectivity index (χ2n) is 5.78. The van der Waals surface area contributed by atoms with Crippen LogP contribution in [0.4, 0.5) is 0 Å². The summed E-state index contributed by atoms with van der Waals surface area (Å²) in [5.41, 5.74) is 1.77. The zero-order valence-corrected chi connectivity index (χ0v) is 14.2. The average Bonchev–Trinajstić information content (AvgIpc) is 2.93. The Morgan fingerprint density at radius 3 is 2.88 bits per heavy atom. The zero-order chi connectivity index (χ0) is 17.8. The minimum atomic E-state index is -0.827. The Morgan fingerprint density at radius 1 is 1.36 bits per heavy atom. The van der Waals surface area contributed by atoms with E-state index in [0.29, 0.717) is 24.2 Å². The van der Waals surface area contributed by atoms with E-state index in [1.165, 1.54) is 6.26 Å². The van der Waals surface area contributed by atoms with Crippen LogP contribution in [0.25, 0.3) is 0 Å². The molecule has 2 heterocycles. The minimum absolute atomic E-state index is 0.203. The van der Waals surface area contributed by atoms with Crippen molar-refractivity contribution in [2.75, 3.05) is 13.2 Å². The van der Waals surface area contributed by atoms with Gasteiger partial charge in [-0.3, -0.25) is 0 Å². The maximum Gasteiger partial charge on any atom is 0.337 e. The van der Waals surface area contributed by atoms with Gasteiger partial charge < -0.3 is 18.9 Å². The summed E-state index contributed by atoms with van der Waals surface area (Å²) in [5.74, 6) is -0.329. The molecule has 0 amide bonds. The van der Waals surface area contributed by atoms with E-state index in [0.717, 1.165) is 11.3 Å². The molecule has 0 fully saturated rings. The van der Waals surface area contributed by atoms with Crippen molar-refractivity contribution in [3.05, 3.63) is 53.3 Å². The van der Waals surface area contributed by atoms with E-state index in [1.807, 2.05) is 24.3 Å². The summed E-state index contributed by atoms with van der Waals surface area (Å²) in [6, 6.07) is 7.58. The lowest BCUT2D eigenvalue weighted by Crippen LogP contribution is -2.22. The number of rotatable bonds is 5.